The second-order valence-corrected chi connectivity index (χ2v) is 6.60. The predicted octanol–water partition coefficient (Wildman–Crippen LogP) is 2.16. The average molecular weight is 281 g/mol. The van der Waals surface area contributed by atoms with Gasteiger partial charge in [0.15, 0.2) is 5.12 Å². The Labute approximate surface area is 117 Å². The van der Waals surface area contributed by atoms with Crippen LogP contribution in [-0.2, 0) is 9.59 Å². The van der Waals surface area contributed by atoms with Crippen LogP contribution in [0.1, 0.15) is 38.9 Å². The van der Waals surface area contributed by atoms with E-state index in [0.717, 1.165) is 11.5 Å². The fraction of sp³-hybridized carbons (Fsp3) is 0.615. The second-order valence-electron chi connectivity index (χ2n) is 5.12. The van der Waals surface area contributed by atoms with Crippen LogP contribution in [0.2, 0.25) is 0 Å². The number of carbonyl (C=O) groups excluding carboxylic acids is 2. The quantitative estimate of drug-likeness (QED) is 0.852. The molecule has 0 aliphatic carbocycles. The molecule has 1 fully saturated rings. The normalized spacial score (nSPS) is 19.5. The van der Waals surface area contributed by atoms with Crippen LogP contribution in [0.15, 0.2) is 6.07 Å². The number of thioether (sulfide) groups is 1. The van der Waals surface area contributed by atoms with Crippen molar-refractivity contribution in [3.8, 4) is 0 Å². The molecule has 0 bridgehead atoms. The lowest BCUT2D eigenvalue weighted by Gasteiger charge is -2.19. The van der Waals surface area contributed by atoms with Gasteiger partial charge >= 0.3 is 0 Å². The molecule has 1 aliphatic heterocycles. The molecular formula is C13H19N3O2S. The van der Waals surface area contributed by atoms with Gasteiger partial charge in [-0.25, -0.2) is 4.68 Å². The molecule has 1 aliphatic rings. The standard InChI is InChI=1S/C13H19N3O2S/c1-8(2)16-12(5-9(3)14-16)15-7-11(6-13(15)18)19-10(4)17/h5,8,11H,6-7H2,1-4H3. The lowest BCUT2D eigenvalue weighted by molar-refractivity contribution is -0.117. The Morgan fingerprint density at radius 3 is 2.79 bits per heavy atom. The molecule has 1 unspecified atom stereocenters. The molecular weight excluding hydrogens is 262 g/mol. The molecule has 2 rings (SSSR count). The zero-order valence-electron chi connectivity index (χ0n) is 11.7. The molecule has 1 aromatic heterocycles. The van der Waals surface area contributed by atoms with E-state index in [1.54, 1.807) is 11.8 Å². The summed E-state index contributed by atoms with van der Waals surface area (Å²) >= 11 is 1.25. The molecule has 104 valence electrons. The van der Waals surface area contributed by atoms with Gasteiger partial charge in [0.25, 0.3) is 0 Å². The third-order valence-electron chi connectivity index (χ3n) is 3.03. The number of anilines is 1. The predicted molar refractivity (Wildman–Crippen MR) is 76.4 cm³/mol. The van der Waals surface area contributed by atoms with Crippen molar-refractivity contribution in [1.29, 1.82) is 0 Å². The topological polar surface area (TPSA) is 55.2 Å². The number of rotatable bonds is 3. The van der Waals surface area contributed by atoms with Gasteiger partial charge in [-0.05, 0) is 20.8 Å². The van der Waals surface area contributed by atoms with E-state index in [9.17, 15) is 9.59 Å². The van der Waals surface area contributed by atoms with E-state index in [0.29, 0.717) is 13.0 Å². The molecule has 1 saturated heterocycles. The first-order chi connectivity index (χ1) is 8.88. The Kier molecular flexibility index (Phi) is 3.99. The van der Waals surface area contributed by atoms with Gasteiger partial charge in [-0.2, -0.15) is 5.10 Å². The Hall–Kier alpha value is -1.30. The highest BCUT2D eigenvalue weighted by atomic mass is 32.2. The maximum absolute atomic E-state index is 12.1. The lowest BCUT2D eigenvalue weighted by Crippen LogP contribution is -2.28. The van der Waals surface area contributed by atoms with Crippen molar-refractivity contribution in [2.45, 2.75) is 45.4 Å². The molecule has 1 atom stereocenters. The Balaban J connectivity index is 2.23. The lowest BCUT2D eigenvalue weighted by atomic mass is 10.4. The minimum Gasteiger partial charge on any atom is -0.296 e. The van der Waals surface area contributed by atoms with Crippen molar-refractivity contribution in [3.05, 3.63) is 11.8 Å². The largest absolute Gasteiger partial charge is 0.296 e. The number of carbonyl (C=O) groups is 2. The summed E-state index contributed by atoms with van der Waals surface area (Å²) in [6.07, 6.45) is 0.423. The van der Waals surface area contributed by atoms with E-state index >= 15 is 0 Å². The first-order valence-corrected chi connectivity index (χ1v) is 7.30. The molecule has 0 N–H and O–H groups in total. The third-order valence-corrected chi connectivity index (χ3v) is 4.01. The Bertz CT molecular complexity index is 510. The van der Waals surface area contributed by atoms with Gasteiger partial charge < -0.3 is 0 Å². The molecule has 0 aromatic carbocycles. The number of nitrogens with zero attached hydrogens (tertiary/aromatic N) is 3. The van der Waals surface area contributed by atoms with Gasteiger partial charge in [-0.15, -0.1) is 0 Å². The highest BCUT2D eigenvalue weighted by molar-refractivity contribution is 8.14. The summed E-state index contributed by atoms with van der Waals surface area (Å²) in [5.41, 5.74) is 0.902. The number of aromatic nitrogens is 2. The first kappa shape index (κ1) is 14.1. The van der Waals surface area contributed by atoms with E-state index in [1.807, 2.05) is 31.5 Å². The third kappa shape index (κ3) is 3.00. The summed E-state index contributed by atoms with van der Waals surface area (Å²) in [5.74, 6) is 0.907. The average Bonchev–Trinajstić information content (AvgIpc) is 2.81. The second kappa shape index (κ2) is 5.36. The molecule has 1 amide bonds. The van der Waals surface area contributed by atoms with E-state index in [4.69, 9.17) is 0 Å². The van der Waals surface area contributed by atoms with Gasteiger partial charge in [0, 0.05) is 37.2 Å². The van der Waals surface area contributed by atoms with Gasteiger partial charge in [0.2, 0.25) is 5.91 Å². The number of hydrogen-bond donors (Lipinski definition) is 0. The smallest absolute Gasteiger partial charge is 0.229 e. The van der Waals surface area contributed by atoms with Crippen LogP contribution in [0, 0.1) is 6.92 Å². The fourth-order valence-corrected chi connectivity index (χ4v) is 3.21. The minimum atomic E-state index is 0.0563. The van der Waals surface area contributed by atoms with Crippen LogP contribution >= 0.6 is 11.8 Å². The molecule has 2 heterocycles. The molecule has 19 heavy (non-hydrogen) atoms. The zero-order chi connectivity index (χ0) is 14.2. The van der Waals surface area contributed by atoms with Gasteiger partial charge in [0.05, 0.1) is 5.69 Å². The Morgan fingerprint density at radius 1 is 1.53 bits per heavy atom. The van der Waals surface area contributed by atoms with Crippen molar-refractivity contribution >= 4 is 28.6 Å². The zero-order valence-corrected chi connectivity index (χ0v) is 12.5. The van der Waals surface area contributed by atoms with Crippen molar-refractivity contribution in [2.24, 2.45) is 0 Å². The molecule has 6 heteroatoms. The van der Waals surface area contributed by atoms with Crippen molar-refractivity contribution in [1.82, 2.24) is 9.78 Å². The van der Waals surface area contributed by atoms with Crippen LogP contribution in [0.3, 0.4) is 0 Å². The summed E-state index contributed by atoms with van der Waals surface area (Å²) in [5, 5.41) is 4.54. The highest BCUT2D eigenvalue weighted by Gasteiger charge is 2.34. The van der Waals surface area contributed by atoms with Crippen LogP contribution in [0.25, 0.3) is 0 Å². The van der Waals surface area contributed by atoms with Gasteiger partial charge in [-0.1, -0.05) is 11.8 Å². The number of amides is 1. The minimum absolute atomic E-state index is 0.0563. The fourth-order valence-electron chi connectivity index (χ4n) is 2.29. The van der Waals surface area contributed by atoms with Crippen molar-refractivity contribution < 1.29 is 9.59 Å². The van der Waals surface area contributed by atoms with Gasteiger partial charge in [-0.3, -0.25) is 14.5 Å². The van der Waals surface area contributed by atoms with Crippen LogP contribution in [-0.4, -0.2) is 32.6 Å². The summed E-state index contributed by atoms with van der Waals surface area (Å²) in [6.45, 7) is 8.13. The van der Waals surface area contributed by atoms with E-state index in [1.165, 1.54) is 11.8 Å². The molecule has 1 aromatic rings. The first-order valence-electron chi connectivity index (χ1n) is 6.42. The number of aryl methyl sites for hydroxylation is 1. The molecule has 0 radical (unpaired) electrons. The number of hydrogen-bond acceptors (Lipinski definition) is 4. The summed E-state index contributed by atoms with van der Waals surface area (Å²) in [7, 11) is 0. The maximum Gasteiger partial charge on any atom is 0.229 e. The summed E-state index contributed by atoms with van der Waals surface area (Å²) < 4.78 is 1.87. The molecule has 5 nitrogen and oxygen atoms in total. The van der Waals surface area contributed by atoms with E-state index < -0.39 is 0 Å². The molecule has 0 spiro atoms. The van der Waals surface area contributed by atoms with E-state index in [2.05, 4.69) is 5.10 Å². The Morgan fingerprint density at radius 2 is 2.21 bits per heavy atom. The highest BCUT2D eigenvalue weighted by Crippen LogP contribution is 2.30. The van der Waals surface area contributed by atoms with Crippen molar-refractivity contribution in [2.75, 3.05) is 11.4 Å². The molecule has 0 saturated carbocycles. The SMILES string of the molecule is CC(=O)SC1CC(=O)N(c2cc(C)nn2C(C)C)C1. The monoisotopic (exact) mass is 281 g/mol. The van der Waals surface area contributed by atoms with Gasteiger partial charge in [0.1, 0.15) is 5.82 Å². The summed E-state index contributed by atoms with van der Waals surface area (Å²) in [6, 6.07) is 2.13. The van der Waals surface area contributed by atoms with E-state index in [-0.39, 0.29) is 22.3 Å². The van der Waals surface area contributed by atoms with Crippen molar-refractivity contribution in [3.63, 3.8) is 0 Å². The van der Waals surface area contributed by atoms with Crippen LogP contribution in [0.5, 0.6) is 0 Å². The summed E-state index contributed by atoms with van der Waals surface area (Å²) in [4.78, 5) is 25.0. The maximum atomic E-state index is 12.1. The van der Waals surface area contributed by atoms with Crippen LogP contribution in [0.4, 0.5) is 5.82 Å². The van der Waals surface area contributed by atoms with Crippen LogP contribution < -0.4 is 4.90 Å².